The monoisotopic (exact) mass is 608 g/mol. The van der Waals surface area contributed by atoms with Crippen LogP contribution < -0.4 is 20.9 Å². The molecule has 14 nitrogen and oxygen atoms in total. The van der Waals surface area contributed by atoms with E-state index in [-0.39, 0.29) is 29.0 Å². The fraction of sp³-hybridized carbons (Fsp3) is 0.538. The predicted octanol–water partition coefficient (Wildman–Crippen LogP) is 2.75. The average molecular weight is 609 g/mol. The topological polar surface area (TPSA) is 193 Å². The molecule has 2 aliphatic rings. The second-order valence-corrected chi connectivity index (χ2v) is 12.4. The lowest BCUT2D eigenvalue weighted by Crippen LogP contribution is -2.42. The molecule has 3 heterocycles. The van der Waals surface area contributed by atoms with Gasteiger partial charge in [-0.2, -0.15) is 10.1 Å². The highest BCUT2D eigenvalue weighted by atomic mass is 31.2. The molecule has 6 atom stereocenters. The summed E-state index contributed by atoms with van der Waals surface area (Å²) in [7, 11) is -4.33. The van der Waals surface area contributed by atoms with Gasteiger partial charge in [0.2, 0.25) is 5.95 Å². The third-order valence-electron chi connectivity index (χ3n) is 7.31. The molecular weight excluding hydrogens is 574 g/mol. The molecule has 3 aromatic rings. The summed E-state index contributed by atoms with van der Waals surface area (Å²) in [5, 5.41) is 13.7. The van der Waals surface area contributed by atoms with Crippen molar-refractivity contribution in [3.63, 3.8) is 0 Å². The van der Waals surface area contributed by atoms with Crippen LogP contribution in [0.3, 0.4) is 0 Å². The van der Waals surface area contributed by atoms with E-state index in [0.29, 0.717) is 0 Å². The molecule has 1 aliphatic heterocycles. The van der Waals surface area contributed by atoms with Crippen LogP contribution in [-0.2, 0) is 23.4 Å². The number of nitrogen functional groups attached to an aromatic ring is 1. The van der Waals surface area contributed by atoms with Gasteiger partial charge in [0.1, 0.15) is 29.6 Å². The van der Waals surface area contributed by atoms with Gasteiger partial charge in [-0.3, -0.25) is 23.7 Å². The lowest BCUT2D eigenvalue weighted by atomic mass is 9.98. The summed E-state index contributed by atoms with van der Waals surface area (Å²) >= 11 is 0. The molecule has 2 fully saturated rings. The molecule has 42 heavy (non-hydrogen) atoms. The number of benzene rings is 1. The van der Waals surface area contributed by atoms with Crippen molar-refractivity contribution in [1.82, 2.24) is 24.6 Å². The van der Waals surface area contributed by atoms with E-state index in [1.54, 1.807) is 18.2 Å². The molecular formula is C26H34FN6O8P. The number of anilines is 1. The zero-order valence-corrected chi connectivity index (χ0v) is 24.0. The van der Waals surface area contributed by atoms with Crippen molar-refractivity contribution in [2.24, 2.45) is 0 Å². The smallest absolute Gasteiger partial charge is 0.459 e. The minimum absolute atomic E-state index is 0.0275. The predicted molar refractivity (Wildman–Crippen MR) is 148 cm³/mol. The van der Waals surface area contributed by atoms with Gasteiger partial charge in [0, 0.05) is 0 Å². The molecule has 5 rings (SSSR count). The summed E-state index contributed by atoms with van der Waals surface area (Å²) < 4.78 is 53.3. The van der Waals surface area contributed by atoms with Crippen molar-refractivity contribution in [1.29, 1.82) is 0 Å². The van der Waals surface area contributed by atoms with E-state index in [4.69, 9.17) is 24.3 Å². The van der Waals surface area contributed by atoms with E-state index < -0.39 is 56.0 Å². The van der Waals surface area contributed by atoms with E-state index in [9.17, 15) is 19.3 Å². The number of nitrogens with two attached hydrogens (primary N) is 1. The number of aromatic nitrogens is 4. The van der Waals surface area contributed by atoms with Gasteiger partial charge in [-0.05, 0) is 51.7 Å². The number of carbonyl (C=O) groups excluding carboxylic acids is 1. The van der Waals surface area contributed by atoms with Gasteiger partial charge >= 0.3 is 13.7 Å². The Kier molecular flexibility index (Phi) is 8.67. The van der Waals surface area contributed by atoms with Crippen molar-refractivity contribution < 1.29 is 37.4 Å². The number of fused-ring (bicyclic) bond motifs is 1. The van der Waals surface area contributed by atoms with Crippen LogP contribution in [-0.4, -0.2) is 67.2 Å². The fourth-order valence-electron chi connectivity index (χ4n) is 5.09. The minimum atomic E-state index is -4.33. The van der Waals surface area contributed by atoms with E-state index in [1.807, 2.05) is 0 Å². The van der Waals surface area contributed by atoms with Gasteiger partial charge in [0.05, 0.1) is 12.9 Å². The second kappa shape index (κ2) is 12.1. The number of hydrogen-bond acceptors (Lipinski definition) is 11. The molecule has 2 unspecified atom stereocenters. The first kappa shape index (κ1) is 30.1. The molecule has 228 valence electrons. The highest BCUT2D eigenvalue weighted by Crippen LogP contribution is 2.47. The quantitative estimate of drug-likeness (QED) is 0.195. The maximum Gasteiger partial charge on any atom is 0.459 e. The Labute approximate surface area is 240 Å². The Morgan fingerprint density at radius 2 is 2.05 bits per heavy atom. The van der Waals surface area contributed by atoms with Crippen LogP contribution in [0.1, 0.15) is 52.2 Å². The number of nitrogens with one attached hydrogen (secondary N) is 2. The molecule has 0 spiro atoms. The maximum atomic E-state index is 15.6. The zero-order chi connectivity index (χ0) is 30.1. The Balaban J connectivity index is 1.32. The Morgan fingerprint density at radius 3 is 2.76 bits per heavy atom. The van der Waals surface area contributed by atoms with Gasteiger partial charge < -0.3 is 24.8 Å². The summed E-state index contributed by atoms with van der Waals surface area (Å²) in [6.45, 7) is 2.02. The number of esters is 1. The van der Waals surface area contributed by atoms with Gasteiger partial charge in [0.25, 0.3) is 5.56 Å². The molecule has 16 heteroatoms. The number of aliphatic hydroxyl groups is 1. The maximum absolute atomic E-state index is 15.6. The summed E-state index contributed by atoms with van der Waals surface area (Å²) in [6, 6.07) is 7.03. The van der Waals surface area contributed by atoms with Crippen molar-refractivity contribution in [3.8, 4) is 5.75 Å². The van der Waals surface area contributed by atoms with Gasteiger partial charge in [-0.25, -0.2) is 13.9 Å². The van der Waals surface area contributed by atoms with E-state index in [0.717, 1.165) is 32.1 Å². The first-order valence-electron chi connectivity index (χ1n) is 13.7. The normalized spacial score (nSPS) is 27.0. The number of nitrogens with zero attached hydrogens (tertiary/aromatic N) is 3. The molecule has 5 N–H and O–H groups in total. The van der Waals surface area contributed by atoms with Crippen LogP contribution in [0, 0.1) is 0 Å². The third-order valence-corrected chi connectivity index (χ3v) is 8.95. The molecule has 1 aromatic carbocycles. The molecule has 0 amide bonds. The summed E-state index contributed by atoms with van der Waals surface area (Å²) in [6.07, 6.45) is 0.596. The Bertz CT molecular complexity index is 1510. The Hall–Kier alpha value is -3.36. The molecule has 1 aliphatic carbocycles. The lowest BCUT2D eigenvalue weighted by Gasteiger charge is -2.27. The highest BCUT2D eigenvalue weighted by molar-refractivity contribution is 7.52. The van der Waals surface area contributed by atoms with E-state index >= 15 is 4.39 Å². The Morgan fingerprint density at radius 1 is 1.33 bits per heavy atom. The number of alkyl halides is 1. The van der Waals surface area contributed by atoms with Crippen LogP contribution in [0.2, 0.25) is 0 Å². The number of aromatic amines is 1. The number of rotatable bonds is 10. The molecule has 1 saturated heterocycles. The molecule has 2 aromatic heterocycles. The standard InChI is InChI=1S/C26H34FN6O8P/c1-15(23(35)39-16-9-5-3-6-10-16)32-42(37,41-17-11-7-4-8-12-17)38-13-18-20(27)26(2,36)24(40-18)33-14-29-19-21(33)30-25(28)31-22(19)34/h4,7-8,11-12,14-16,18,20,24,36H,3,5-6,9-10,13H2,1-2H3,(H,32,37)(H3,28,30,31,34)/t15-,18+,20?,24+,26+,42?/m0/s1. The number of halogens is 1. The third kappa shape index (κ3) is 6.35. The van der Waals surface area contributed by atoms with Gasteiger partial charge in [0.15, 0.2) is 23.6 Å². The number of imidazole rings is 1. The second-order valence-electron chi connectivity index (χ2n) is 10.7. The molecule has 0 bridgehead atoms. The fourth-order valence-corrected chi connectivity index (χ4v) is 6.59. The highest BCUT2D eigenvalue weighted by Gasteiger charge is 2.55. The number of H-pyrrole nitrogens is 1. The summed E-state index contributed by atoms with van der Waals surface area (Å²) in [4.78, 5) is 35.3. The van der Waals surface area contributed by atoms with Gasteiger partial charge in [-0.15, -0.1) is 0 Å². The largest absolute Gasteiger partial charge is 0.461 e. The van der Waals surface area contributed by atoms with Crippen molar-refractivity contribution in [2.75, 3.05) is 12.3 Å². The number of carbonyl (C=O) groups is 1. The molecule has 0 radical (unpaired) electrons. The summed E-state index contributed by atoms with van der Waals surface area (Å²) in [5.74, 6) is -0.654. The van der Waals surface area contributed by atoms with Crippen LogP contribution in [0.4, 0.5) is 10.3 Å². The van der Waals surface area contributed by atoms with Gasteiger partial charge in [-0.1, -0.05) is 24.6 Å². The number of hydrogen-bond donors (Lipinski definition) is 4. The van der Waals surface area contributed by atoms with Crippen molar-refractivity contribution in [2.45, 2.75) is 82.2 Å². The summed E-state index contributed by atoms with van der Waals surface area (Å²) in [5.41, 5.74) is 2.78. The van der Waals surface area contributed by atoms with E-state index in [2.05, 4.69) is 20.0 Å². The minimum Gasteiger partial charge on any atom is -0.461 e. The van der Waals surface area contributed by atoms with E-state index in [1.165, 1.54) is 36.9 Å². The van der Waals surface area contributed by atoms with Crippen molar-refractivity contribution in [3.05, 3.63) is 47.0 Å². The van der Waals surface area contributed by atoms with Crippen molar-refractivity contribution >= 4 is 30.8 Å². The average Bonchev–Trinajstić information content (AvgIpc) is 3.46. The SMILES string of the molecule is C[C@H](NP(=O)(OC[C@H]1O[C@@H](n2cnc3c(=O)[nH]c(N)nc32)[C@](C)(O)C1F)Oc1ccccc1)C(=O)OC1CCCCC1. The number of para-hydroxylation sites is 1. The first-order valence-corrected chi connectivity index (χ1v) is 15.2. The van der Waals surface area contributed by atoms with Crippen LogP contribution in [0.5, 0.6) is 5.75 Å². The van der Waals surface area contributed by atoms with Crippen LogP contribution >= 0.6 is 7.75 Å². The lowest BCUT2D eigenvalue weighted by molar-refractivity contribution is -0.152. The zero-order valence-electron chi connectivity index (χ0n) is 23.1. The number of ether oxygens (including phenoxy) is 2. The van der Waals surface area contributed by atoms with Crippen LogP contribution in [0.15, 0.2) is 41.5 Å². The van der Waals surface area contributed by atoms with Crippen LogP contribution in [0.25, 0.3) is 11.2 Å². The first-order chi connectivity index (χ1) is 20.0. The molecule has 1 saturated carbocycles.